The van der Waals surface area contributed by atoms with Gasteiger partial charge in [-0.2, -0.15) is 9.13 Å². The first kappa shape index (κ1) is 52.7. The first-order valence-corrected chi connectivity index (χ1v) is 21.8. The zero-order chi connectivity index (χ0) is 40.1. The zero-order valence-electron chi connectivity index (χ0n) is 35.5. The summed E-state index contributed by atoms with van der Waals surface area (Å²) in [5, 5.41) is 6.34. The molecule has 0 unspecified atom stereocenters. The number of allylic oxidation sites excluding steroid dienone is 2. The number of halogens is 2. The van der Waals surface area contributed by atoms with Gasteiger partial charge in [-0.05, 0) is 12.8 Å². The highest BCUT2D eigenvalue weighted by atomic mass is 79.9. The number of ether oxygens (including phenoxy) is 2. The maximum Gasteiger partial charge on any atom is 0.337 e. The number of rotatable bonds is 31. The van der Waals surface area contributed by atoms with Crippen LogP contribution in [-0.2, 0) is 36.9 Å². The topological polar surface area (TPSA) is 101 Å². The number of aromatic nitrogens is 2. The highest BCUT2D eigenvalue weighted by Gasteiger charge is 2.44. The van der Waals surface area contributed by atoms with Crippen LogP contribution in [0.2, 0.25) is 0 Å². The number of nitrogens with one attached hydrogen (secondary N) is 2. The number of hydrogen-bond acceptors (Lipinski definition) is 6. The Kier molecular flexibility index (Phi) is 30.5. The summed E-state index contributed by atoms with van der Waals surface area (Å²) < 4.78 is 15.7. The van der Waals surface area contributed by atoms with Crippen molar-refractivity contribution in [1.29, 1.82) is 0 Å². The molecule has 324 valence electrons. The Morgan fingerprint density at radius 1 is 0.586 bits per heavy atom. The van der Waals surface area contributed by atoms with Crippen molar-refractivity contribution in [2.45, 2.75) is 155 Å². The molecule has 0 spiro atoms. The van der Waals surface area contributed by atoms with Crippen molar-refractivity contribution < 1.29 is 67.0 Å². The Morgan fingerprint density at radius 2 is 0.931 bits per heavy atom. The second kappa shape index (κ2) is 33.5. The first-order chi connectivity index (χ1) is 27.5. The molecule has 3 heterocycles. The molecule has 2 N–H and O–H groups in total. The van der Waals surface area contributed by atoms with E-state index in [1.807, 2.05) is 70.3 Å². The summed E-state index contributed by atoms with van der Waals surface area (Å²) in [5.41, 5.74) is 1.27. The number of nitrogens with zero attached hydrogens (tertiary/aromatic N) is 2. The molecular formula is C47H72Br2N4O5. The Morgan fingerprint density at radius 3 is 1.28 bits per heavy atom. The molecule has 9 nitrogen and oxygen atoms in total. The number of carbonyl (C=O) groups is 3. The van der Waals surface area contributed by atoms with E-state index in [0.717, 1.165) is 38.5 Å². The van der Waals surface area contributed by atoms with E-state index in [9.17, 15) is 14.4 Å². The van der Waals surface area contributed by atoms with E-state index >= 15 is 0 Å². The molecule has 0 atom stereocenters. The van der Waals surface area contributed by atoms with Crippen molar-refractivity contribution in [3.63, 3.8) is 0 Å². The number of unbranched alkanes of at least 4 members (excludes halogenated alkanes) is 18. The van der Waals surface area contributed by atoms with Gasteiger partial charge in [0.25, 0.3) is 0 Å². The molecule has 2 aromatic heterocycles. The molecule has 1 aliphatic heterocycles. The molecule has 0 saturated heterocycles. The van der Waals surface area contributed by atoms with Gasteiger partial charge in [0, 0.05) is 30.8 Å². The van der Waals surface area contributed by atoms with E-state index in [2.05, 4.69) is 31.1 Å². The second-order valence-corrected chi connectivity index (χ2v) is 15.1. The van der Waals surface area contributed by atoms with E-state index in [-0.39, 0.29) is 78.0 Å². The summed E-state index contributed by atoms with van der Waals surface area (Å²) in [4.78, 5) is 42.7. The lowest BCUT2D eigenvalue weighted by molar-refractivity contribution is -0.692. The summed E-state index contributed by atoms with van der Waals surface area (Å²) in [5.74, 6) is -2.93. The molecule has 2 aromatic rings. The number of amides is 1. The largest absolute Gasteiger partial charge is 1.00 e. The molecule has 0 bridgehead atoms. The lowest BCUT2D eigenvalue weighted by Gasteiger charge is -2.30. The highest BCUT2D eigenvalue weighted by molar-refractivity contribution is 6.07. The SMILES string of the molecule is C=CCNC(=O)C1C(C(=O)OCCCCCCCCCCCC)=C(C[n+]2ccccc2)NC(C[n+]2ccccc2)=C1C(=O)OCCCCCCCCCCCC.[Br-].[Br-]. The van der Waals surface area contributed by atoms with Gasteiger partial charge in [-0.1, -0.05) is 148 Å². The number of pyridine rings is 2. The summed E-state index contributed by atoms with van der Waals surface area (Å²) in [6.45, 7) is 9.42. The summed E-state index contributed by atoms with van der Waals surface area (Å²) in [6, 6.07) is 11.5. The molecule has 0 aliphatic carbocycles. The van der Waals surface area contributed by atoms with Gasteiger partial charge in [-0.25, -0.2) is 9.59 Å². The van der Waals surface area contributed by atoms with Gasteiger partial charge in [0.1, 0.15) is 5.92 Å². The van der Waals surface area contributed by atoms with Gasteiger partial charge in [-0.3, -0.25) is 4.79 Å². The predicted molar refractivity (Wildman–Crippen MR) is 223 cm³/mol. The monoisotopic (exact) mass is 930 g/mol. The van der Waals surface area contributed by atoms with Crippen LogP contribution in [0.4, 0.5) is 0 Å². The number of hydrogen-bond donors (Lipinski definition) is 2. The van der Waals surface area contributed by atoms with E-state index in [4.69, 9.17) is 9.47 Å². The van der Waals surface area contributed by atoms with Crippen molar-refractivity contribution in [2.75, 3.05) is 19.8 Å². The Labute approximate surface area is 371 Å². The zero-order valence-corrected chi connectivity index (χ0v) is 38.7. The van der Waals surface area contributed by atoms with Crippen molar-refractivity contribution >= 4 is 17.8 Å². The van der Waals surface area contributed by atoms with Crippen LogP contribution in [-0.4, -0.2) is 37.6 Å². The van der Waals surface area contributed by atoms with E-state index in [0.29, 0.717) is 11.4 Å². The van der Waals surface area contributed by atoms with Crippen LogP contribution in [0, 0.1) is 5.92 Å². The van der Waals surface area contributed by atoms with Crippen LogP contribution >= 0.6 is 0 Å². The molecule has 58 heavy (non-hydrogen) atoms. The van der Waals surface area contributed by atoms with Gasteiger partial charge in [-0.15, -0.1) is 6.58 Å². The molecule has 1 aliphatic rings. The number of esters is 2. The average Bonchev–Trinajstić information content (AvgIpc) is 3.21. The smallest absolute Gasteiger partial charge is 0.337 e. The standard InChI is InChI=1S/C47H70N4O5.2BrH/c1-4-7-9-11-13-15-17-19-21-29-36-55-46(53)42-40(38-50-32-25-23-26-33-50)49-41(39-51-34-27-24-28-35-51)43(44(42)45(52)48-31-6-3)47(54)56-37-30-22-20-18-16-14-12-10-8-5-2;;/h6,23-28,32-35,44H,3-5,7-22,29-31,36-39H2,1-2H3;2*1H. The number of dihydropyridines is 1. The summed E-state index contributed by atoms with van der Waals surface area (Å²) >= 11 is 0. The predicted octanol–water partition coefficient (Wildman–Crippen LogP) is 2.93. The molecule has 0 fully saturated rings. The Balaban J connectivity index is 0.00000841. The first-order valence-electron chi connectivity index (χ1n) is 21.8. The van der Waals surface area contributed by atoms with Crippen molar-refractivity contribution in [2.24, 2.45) is 5.92 Å². The van der Waals surface area contributed by atoms with E-state index in [1.165, 1.54) is 89.9 Å². The maximum atomic E-state index is 14.2. The van der Waals surface area contributed by atoms with Crippen LogP contribution in [0.25, 0.3) is 0 Å². The fourth-order valence-electron chi connectivity index (χ4n) is 7.19. The molecule has 0 radical (unpaired) electrons. The second-order valence-electron chi connectivity index (χ2n) is 15.1. The Hall–Kier alpha value is -3.31. The van der Waals surface area contributed by atoms with Crippen LogP contribution in [0.1, 0.15) is 142 Å². The van der Waals surface area contributed by atoms with Crippen molar-refractivity contribution in [3.8, 4) is 0 Å². The average molecular weight is 933 g/mol. The van der Waals surface area contributed by atoms with Crippen LogP contribution < -0.4 is 53.7 Å². The Bertz CT molecular complexity index is 1400. The van der Waals surface area contributed by atoms with E-state index in [1.54, 1.807) is 6.08 Å². The fraction of sp³-hybridized carbons (Fsp3) is 0.596. The quantitative estimate of drug-likeness (QED) is 0.0523. The third kappa shape index (κ3) is 20.6. The van der Waals surface area contributed by atoms with Gasteiger partial charge in [0.2, 0.25) is 5.91 Å². The van der Waals surface area contributed by atoms with Crippen LogP contribution in [0.15, 0.2) is 96.4 Å². The molecule has 1 amide bonds. The molecular weight excluding hydrogens is 860 g/mol. The lowest BCUT2D eigenvalue weighted by atomic mass is 9.83. The van der Waals surface area contributed by atoms with Gasteiger partial charge >= 0.3 is 11.9 Å². The van der Waals surface area contributed by atoms with Crippen LogP contribution in [0.5, 0.6) is 0 Å². The van der Waals surface area contributed by atoms with Crippen LogP contribution in [0.3, 0.4) is 0 Å². The minimum atomic E-state index is -1.24. The van der Waals surface area contributed by atoms with E-state index < -0.39 is 23.8 Å². The van der Waals surface area contributed by atoms with Gasteiger partial charge < -0.3 is 54.1 Å². The van der Waals surface area contributed by atoms with Crippen molar-refractivity contribution in [3.05, 3.63) is 96.4 Å². The lowest BCUT2D eigenvalue weighted by Crippen LogP contribution is -3.00. The minimum Gasteiger partial charge on any atom is -1.00 e. The molecule has 0 aromatic carbocycles. The third-order valence-electron chi connectivity index (χ3n) is 10.4. The maximum absolute atomic E-state index is 14.2. The molecule has 0 saturated carbocycles. The van der Waals surface area contributed by atoms with Gasteiger partial charge in [0.05, 0.1) is 35.8 Å². The highest BCUT2D eigenvalue weighted by Crippen LogP contribution is 2.33. The number of carbonyl (C=O) groups excluding carboxylic acids is 3. The fourth-order valence-corrected chi connectivity index (χ4v) is 7.19. The summed E-state index contributed by atoms with van der Waals surface area (Å²) in [7, 11) is 0. The summed E-state index contributed by atoms with van der Waals surface area (Å²) in [6.07, 6.45) is 32.5. The van der Waals surface area contributed by atoms with Crippen molar-refractivity contribution in [1.82, 2.24) is 10.6 Å². The molecule has 3 rings (SSSR count). The minimum absolute atomic E-state index is 0. The third-order valence-corrected chi connectivity index (χ3v) is 10.4. The van der Waals surface area contributed by atoms with Gasteiger partial charge in [0.15, 0.2) is 37.9 Å². The molecule has 11 heteroatoms. The normalized spacial score (nSPS) is 12.6.